The molecule has 294 valence electrons. The molecule has 58 heavy (non-hydrogen) atoms. The molecule has 15 heteroatoms. The molecule has 14 nitrogen and oxygen atoms in total. The molecular formula is C43H42FN11O3. The number of rotatable bonds is 12. The third-order valence-corrected chi connectivity index (χ3v) is 9.80. The number of hydrogen-bond donors (Lipinski definition) is 7. The number of carbonyl (C=O) groups is 2. The van der Waals surface area contributed by atoms with Crippen LogP contribution in [0.1, 0.15) is 85.9 Å². The van der Waals surface area contributed by atoms with Crippen LogP contribution in [0, 0.1) is 47.7 Å². The van der Waals surface area contributed by atoms with E-state index in [0.717, 1.165) is 12.0 Å². The molecule has 1 amide bonds. The molecule has 1 atom stereocenters. The molecule has 1 unspecified atom stereocenters. The minimum Gasteiger partial charge on any atom is -0.477 e. The van der Waals surface area contributed by atoms with E-state index in [1.54, 1.807) is 98.8 Å². The van der Waals surface area contributed by atoms with Crippen LogP contribution in [0.2, 0.25) is 0 Å². The Balaban J connectivity index is 0.000000263. The number of nitrogen functional groups attached to an aromatic ring is 2. The number of nitrogens with one attached hydrogen (secondary N) is 3. The number of aromatic carboxylic acids is 1. The van der Waals surface area contributed by atoms with Crippen LogP contribution in [-0.4, -0.2) is 48.2 Å². The quantitative estimate of drug-likeness (QED) is 0.0544. The van der Waals surface area contributed by atoms with Gasteiger partial charge in [0.15, 0.2) is 5.69 Å². The first kappa shape index (κ1) is 40.2. The largest absolute Gasteiger partial charge is 0.477 e. The average molecular weight is 780 g/mol. The number of nitrogens with zero attached hydrogens (tertiary/aromatic N) is 5. The Bertz CT molecular complexity index is 2600. The van der Waals surface area contributed by atoms with Gasteiger partial charge in [0.05, 0.1) is 45.6 Å². The van der Waals surface area contributed by atoms with E-state index in [4.69, 9.17) is 33.1 Å². The average Bonchev–Trinajstić information content (AvgIpc) is 3.84. The van der Waals surface area contributed by atoms with Crippen LogP contribution in [0.25, 0.3) is 11.4 Å². The van der Waals surface area contributed by atoms with E-state index in [1.807, 2.05) is 6.07 Å². The maximum Gasteiger partial charge on any atom is 0.354 e. The lowest BCUT2D eigenvalue weighted by Crippen LogP contribution is -2.38. The summed E-state index contributed by atoms with van der Waals surface area (Å²) < 4.78 is 17.9. The molecule has 10 N–H and O–H groups in total. The van der Waals surface area contributed by atoms with Gasteiger partial charge in [-0.05, 0) is 104 Å². The number of nitriles is 1. The van der Waals surface area contributed by atoms with Gasteiger partial charge < -0.3 is 27.6 Å². The molecule has 6 aromatic rings. The number of amidine groups is 2. The number of carboxylic acids is 1. The number of carboxylic acid groups (broad SMARTS) is 1. The number of aromatic nitrogens is 4. The fraction of sp³-hybridized carbons (Fsp3) is 0.186. The van der Waals surface area contributed by atoms with Crippen molar-refractivity contribution in [3.05, 3.63) is 160 Å². The molecule has 0 spiro atoms. The number of aryl methyl sites for hydroxylation is 2. The predicted molar refractivity (Wildman–Crippen MR) is 218 cm³/mol. The van der Waals surface area contributed by atoms with Crippen molar-refractivity contribution in [3.63, 3.8) is 0 Å². The Labute approximate surface area is 333 Å². The smallest absolute Gasteiger partial charge is 0.354 e. The van der Waals surface area contributed by atoms with Gasteiger partial charge >= 0.3 is 5.97 Å². The zero-order valence-electron chi connectivity index (χ0n) is 31.8. The molecule has 2 heterocycles. The highest BCUT2D eigenvalue weighted by Gasteiger charge is 2.34. The third kappa shape index (κ3) is 8.99. The fourth-order valence-corrected chi connectivity index (χ4v) is 6.56. The highest BCUT2D eigenvalue weighted by atomic mass is 19.1. The minimum atomic E-state index is -1.05. The van der Waals surface area contributed by atoms with Crippen molar-refractivity contribution in [2.45, 2.75) is 45.1 Å². The molecule has 0 saturated heterocycles. The first-order valence-electron chi connectivity index (χ1n) is 18.3. The fourth-order valence-electron chi connectivity index (χ4n) is 6.56. The highest BCUT2D eigenvalue weighted by Crippen LogP contribution is 2.40. The van der Waals surface area contributed by atoms with Crippen molar-refractivity contribution >= 4 is 29.2 Å². The van der Waals surface area contributed by atoms with E-state index in [0.29, 0.717) is 57.4 Å². The van der Waals surface area contributed by atoms with Crippen LogP contribution in [0.15, 0.2) is 103 Å². The van der Waals surface area contributed by atoms with Gasteiger partial charge in [0.25, 0.3) is 5.91 Å². The Hall–Kier alpha value is -7.44. The summed E-state index contributed by atoms with van der Waals surface area (Å²) in [6.45, 7) is 3.47. The summed E-state index contributed by atoms with van der Waals surface area (Å²) in [6.07, 6.45) is 3.86. The topological polar surface area (TPSA) is 252 Å². The maximum atomic E-state index is 15.1. The van der Waals surface area contributed by atoms with E-state index in [-0.39, 0.29) is 28.7 Å². The molecule has 1 saturated carbocycles. The van der Waals surface area contributed by atoms with Crippen LogP contribution in [0.5, 0.6) is 0 Å². The molecule has 1 fully saturated rings. The van der Waals surface area contributed by atoms with E-state index >= 15 is 4.39 Å². The first-order valence-corrected chi connectivity index (χ1v) is 18.3. The van der Waals surface area contributed by atoms with Gasteiger partial charge in [0.1, 0.15) is 23.2 Å². The lowest BCUT2D eigenvalue weighted by molar-refractivity contribution is 0.0686. The molecule has 1 aliphatic carbocycles. The van der Waals surface area contributed by atoms with Gasteiger partial charge in [0, 0.05) is 11.1 Å². The first-order chi connectivity index (χ1) is 27.7. The number of carbonyl (C=O) groups excluding carboxylic acids is 1. The summed E-state index contributed by atoms with van der Waals surface area (Å²) in [7, 11) is 0. The number of hydrogen-bond acceptors (Lipinski definition) is 8. The van der Waals surface area contributed by atoms with E-state index < -0.39 is 23.2 Å². The molecule has 4 aromatic carbocycles. The Morgan fingerprint density at radius 1 is 0.845 bits per heavy atom. The van der Waals surface area contributed by atoms with Crippen molar-refractivity contribution in [1.82, 2.24) is 19.6 Å². The second kappa shape index (κ2) is 16.7. The van der Waals surface area contributed by atoms with E-state index in [1.165, 1.54) is 34.3 Å². The number of nitrogens with two attached hydrogens (primary N) is 3. The van der Waals surface area contributed by atoms with Crippen LogP contribution >= 0.6 is 0 Å². The van der Waals surface area contributed by atoms with Gasteiger partial charge in [-0.3, -0.25) is 15.6 Å². The number of halogens is 1. The SMILES string of the molecule is Cc1cc(C(=O)Nc2cc(C(N)(CCC3CC3)c3cccc(C#N)c3)ccc2F)n(-c2cccc(C(=N)N)c2)n1.Cc1cc(C(=O)O)n(-c2cccc(C(=N)N)c2)n1. The second-order valence-electron chi connectivity index (χ2n) is 14.2. The van der Waals surface area contributed by atoms with E-state index in [9.17, 15) is 14.9 Å². The van der Waals surface area contributed by atoms with Crippen LogP contribution in [0.3, 0.4) is 0 Å². The molecule has 1 aliphatic rings. The molecule has 0 radical (unpaired) electrons. The van der Waals surface area contributed by atoms with E-state index in [2.05, 4.69) is 21.6 Å². The summed E-state index contributed by atoms with van der Waals surface area (Å²) in [5.41, 5.74) is 22.6. The third-order valence-electron chi connectivity index (χ3n) is 9.80. The van der Waals surface area contributed by atoms with Crippen molar-refractivity contribution in [3.8, 4) is 17.4 Å². The summed E-state index contributed by atoms with van der Waals surface area (Å²) in [6, 6.07) is 30.5. The monoisotopic (exact) mass is 779 g/mol. The Kier molecular flexibility index (Phi) is 11.6. The summed E-state index contributed by atoms with van der Waals surface area (Å²) in [5, 5.41) is 44.9. The molecule has 0 aliphatic heterocycles. The van der Waals surface area contributed by atoms with Gasteiger partial charge in [-0.2, -0.15) is 15.5 Å². The van der Waals surface area contributed by atoms with Gasteiger partial charge in [-0.1, -0.05) is 55.3 Å². The predicted octanol–water partition coefficient (Wildman–Crippen LogP) is 6.28. The normalized spacial score (nSPS) is 13.0. The number of benzene rings is 4. The highest BCUT2D eigenvalue weighted by molar-refractivity contribution is 6.04. The molecular weight excluding hydrogens is 738 g/mol. The standard InChI is InChI=1S/C31H30FN7O.C12H12N4O2/c1-19-14-28(39(38-19)25-7-3-5-22(16-25)29(34)35)30(40)37-27-17-24(10-11-26(27)32)31(36,13-12-20-8-9-20)23-6-2-4-21(15-23)18-33;1-7-5-10(12(17)18)16(15-7)9-4-2-3-8(6-9)11(13)14/h2-7,10-11,14-17,20H,8-9,12-13,36H2,1H3,(H3,34,35)(H,37,40);2-6H,1H3,(H3,13,14)(H,17,18). The lowest BCUT2D eigenvalue weighted by Gasteiger charge is -2.32. The summed E-state index contributed by atoms with van der Waals surface area (Å²) in [4.78, 5) is 24.6. The number of anilines is 1. The maximum absolute atomic E-state index is 15.1. The van der Waals surface area contributed by atoms with Crippen LogP contribution < -0.4 is 22.5 Å². The lowest BCUT2D eigenvalue weighted by atomic mass is 9.79. The summed E-state index contributed by atoms with van der Waals surface area (Å²) in [5.74, 6) is -1.78. The van der Waals surface area contributed by atoms with Crippen molar-refractivity contribution < 1.29 is 19.1 Å². The number of amides is 1. The second-order valence-corrected chi connectivity index (χ2v) is 14.2. The van der Waals surface area contributed by atoms with Crippen molar-refractivity contribution in [2.24, 2.45) is 23.1 Å². The van der Waals surface area contributed by atoms with Gasteiger partial charge in [0.2, 0.25) is 0 Å². The zero-order chi connectivity index (χ0) is 41.7. The summed E-state index contributed by atoms with van der Waals surface area (Å²) >= 11 is 0. The Morgan fingerprint density at radius 3 is 1.95 bits per heavy atom. The Morgan fingerprint density at radius 2 is 1.40 bits per heavy atom. The minimum absolute atomic E-state index is 0.0110. The van der Waals surface area contributed by atoms with Gasteiger partial charge in [-0.25, -0.2) is 18.5 Å². The van der Waals surface area contributed by atoms with Crippen LogP contribution in [0.4, 0.5) is 10.1 Å². The molecule has 7 rings (SSSR count). The molecule has 0 bridgehead atoms. The van der Waals surface area contributed by atoms with Crippen molar-refractivity contribution in [2.75, 3.05) is 5.32 Å². The molecule has 2 aromatic heterocycles. The van der Waals surface area contributed by atoms with Crippen molar-refractivity contribution in [1.29, 1.82) is 16.1 Å². The van der Waals surface area contributed by atoms with Crippen LogP contribution in [-0.2, 0) is 5.54 Å². The zero-order valence-corrected chi connectivity index (χ0v) is 31.8. The van der Waals surface area contributed by atoms with Gasteiger partial charge in [-0.15, -0.1) is 0 Å².